The van der Waals surface area contributed by atoms with E-state index in [0.29, 0.717) is 25.1 Å². The van der Waals surface area contributed by atoms with Crippen molar-refractivity contribution >= 4 is 35.3 Å². The number of hydrogen-bond donors (Lipinski definition) is 0. The molecule has 0 atom stereocenters. The molecule has 1 aromatic heterocycles. The average Bonchev–Trinajstić information content (AvgIpc) is 2.48. The molecular formula is C11H16ClN5OS. The number of thioether (sulfide) groups is 1. The molecule has 2 aliphatic heterocycles. The zero-order chi connectivity index (χ0) is 13.1. The molecule has 1 aromatic rings. The lowest BCUT2D eigenvalue weighted by molar-refractivity contribution is 0.122. The quantitative estimate of drug-likeness (QED) is 0.805. The van der Waals surface area contributed by atoms with Crippen molar-refractivity contribution < 1.29 is 4.74 Å². The van der Waals surface area contributed by atoms with Gasteiger partial charge in [-0.25, -0.2) is 0 Å². The zero-order valence-electron chi connectivity index (χ0n) is 10.6. The highest BCUT2D eigenvalue weighted by Crippen LogP contribution is 2.20. The van der Waals surface area contributed by atoms with E-state index in [2.05, 4.69) is 24.8 Å². The second kappa shape index (κ2) is 6.11. The summed E-state index contributed by atoms with van der Waals surface area (Å²) in [7, 11) is 0. The Morgan fingerprint density at radius 2 is 1.47 bits per heavy atom. The molecule has 0 saturated carbocycles. The van der Waals surface area contributed by atoms with Crippen molar-refractivity contribution in [3.63, 3.8) is 0 Å². The Labute approximate surface area is 121 Å². The van der Waals surface area contributed by atoms with E-state index in [0.717, 1.165) is 37.7 Å². The van der Waals surface area contributed by atoms with Crippen molar-refractivity contribution in [3.05, 3.63) is 5.28 Å². The van der Waals surface area contributed by atoms with Gasteiger partial charge >= 0.3 is 0 Å². The van der Waals surface area contributed by atoms with Crippen LogP contribution in [0.4, 0.5) is 11.9 Å². The molecule has 3 rings (SSSR count). The van der Waals surface area contributed by atoms with E-state index in [1.807, 2.05) is 11.8 Å². The largest absolute Gasteiger partial charge is 0.378 e. The molecule has 0 unspecified atom stereocenters. The summed E-state index contributed by atoms with van der Waals surface area (Å²) in [5, 5.41) is 0.268. The Morgan fingerprint density at radius 1 is 0.895 bits per heavy atom. The lowest BCUT2D eigenvalue weighted by atomic mass is 10.4. The first-order valence-corrected chi connectivity index (χ1v) is 7.93. The highest BCUT2D eigenvalue weighted by molar-refractivity contribution is 7.99. The molecule has 8 heteroatoms. The van der Waals surface area contributed by atoms with Crippen LogP contribution in [-0.4, -0.2) is 65.9 Å². The molecule has 0 radical (unpaired) electrons. The summed E-state index contributed by atoms with van der Waals surface area (Å²) < 4.78 is 5.34. The number of hydrogen-bond acceptors (Lipinski definition) is 7. The van der Waals surface area contributed by atoms with Gasteiger partial charge in [-0.1, -0.05) is 0 Å². The molecule has 3 heterocycles. The highest BCUT2D eigenvalue weighted by atomic mass is 35.5. The summed E-state index contributed by atoms with van der Waals surface area (Å²) in [6, 6.07) is 0. The average molecular weight is 302 g/mol. The van der Waals surface area contributed by atoms with Gasteiger partial charge in [0.15, 0.2) is 0 Å². The molecule has 2 aliphatic rings. The Bertz CT molecular complexity index is 401. The van der Waals surface area contributed by atoms with Crippen molar-refractivity contribution in [2.45, 2.75) is 0 Å². The summed E-state index contributed by atoms with van der Waals surface area (Å²) in [5.41, 5.74) is 0. The maximum atomic E-state index is 6.04. The molecule has 6 nitrogen and oxygen atoms in total. The Hall–Kier alpha value is -0.790. The monoisotopic (exact) mass is 301 g/mol. The Kier molecular flexibility index (Phi) is 4.24. The number of anilines is 2. The molecule has 0 aliphatic carbocycles. The first kappa shape index (κ1) is 13.2. The van der Waals surface area contributed by atoms with Gasteiger partial charge in [0.25, 0.3) is 0 Å². The van der Waals surface area contributed by atoms with Crippen LogP contribution in [0.5, 0.6) is 0 Å². The summed E-state index contributed by atoms with van der Waals surface area (Å²) in [6.07, 6.45) is 0. The van der Waals surface area contributed by atoms with Gasteiger partial charge < -0.3 is 14.5 Å². The number of ether oxygens (including phenoxy) is 1. The van der Waals surface area contributed by atoms with Gasteiger partial charge in [-0.05, 0) is 11.6 Å². The van der Waals surface area contributed by atoms with E-state index in [1.54, 1.807) is 0 Å². The van der Waals surface area contributed by atoms with Gasteiger partial charge in [-0.2, -0.15) is 26.7 Å². The van der Waals surface area contributed by atoms with E-state index in [1.165, 1.54) is 0 Å². The van der Waals surface area contributed by atoms with Gasteiger partial charge in [-0.15, -0.1) is 0 Å². The Morgan fingerprint density at radius 3 is 2.11 bits per heavy atom. The highest BCUT2D eigenvalue weighted by Gasteiger charge is 2.19. The summed E-state index contributed by atoms with van der Waals surface area (Å²) in [5.74, 6) is 3.57. The lowest BCUT2D eigenvalue weighted by Crippen LogP contribution is -2.38. The fourth-order valence-corrected chi connectivity index (χ4v) is 3.19. The first-order chi connectivity index (χ1) is 9.33. The summed E-state index contributed by atoms with van der Waals surface area (Å²) in [4.78, 5) is 17.3. The van der Waals surface area contributed by atoms with Crippen molar-refractivity contribution in [2.24, 2.45) is 0 Å². The van der Waals surface area contributed by atoms with Crippen LogP contribution in [-0.2, 0) is 4.74 Å². The zero-order valence-corrected chi connectivity index (χ0v) is 12.2. The van der Waals surface area contributed by atoms with Crippen LogP contribution < -0.4 is 9.80 Å². The van der Waals surface area contributed by atoms with Crippen molar-refractivity contribution in [3.8, 4) is 0 Å². The molecule has 104 valence electrons. The number of rotatable bonds is 2. The maximum absolute atomic E-state index is 6.04. The van der Waals surface area contributed by atoms with Gasteiger partial charge in [-0.3, -0.25) is 0 Å². The van der Waals surface area contributed by atoms with Crippen molar-refractivity contribution in [1.29, 1.82) is 0 Å². The number of nitrogens with zero attached hydrogens (tertiary/aromatic N) is 5. The fraction of sp³-hybridized carbons (Fsp3) is 0.727. The SMILES string of the molecule is Clc1nc(N2CCOCC2)nc(N2CCSCC2)n1. The molecular weight excluding hydrogens is 286 g/mol. The van der Waals surface area contributed by atoms with E-state index >= 15 is 0 Å². The third kappa shape index (κ3) is 3.21. The van der Waals surface area contributed by atoms with E-state index in [9.17, 15) is 0 Å². The predicted octanol–water partition coefficient (Wildman–Crippen LogP) is 0.915. The molecule has 0 spiro atoms. The predicted molar refractivity (Wildman–Crippen MR) is 77.4 cm³/mol. The van der Waals surface area contributed by atoms with Crippen LogP contribution in [0.15, 0.2) is 0 Å². The maximum Gasteiger partial charge on any atom is 0.231 e. The smallest absolute Gasteiger partial charge is 0.231 e. The van der Waals surface area contributed by atoms with Crippen LogP contribution in [0.2, 0.25) is 5.28 Å². The number of morpholine rings is 1. The standard InChI is InChI=1S/C11H16ClN5OS/c12-9-13-10(16-1-5-18-6-2-16)15-11(14-9)17-3-7-19-8-4-17/h1-8H2. The third-order valence-corrected chi connectivity index (χ3v) is 4.28. The van der Waals surface area contributed by atoms with E-state index in [-0.39, 0.29) is 5.28 Å². The third-order valence-electron chi connectivity index (χ3n) is 3.17. The van der Waals surface area contributed by atoms with Gasteiger partial charge in [0, 0.05) is 37.7 Å². The molecule has 0 bridgehead atoms. The minimum Gasteiger partial charge on any atom is -0.378 e. The van der Waals surface area contributed by atoms with Gasteiger partial charge in [0.05, 0.1) is 13.2 Å². The van der Waals surface area contributed by atoms with E-state index in [4.69, 9.17) is 16.3 Å². The van der Waals surface area contributed by atoms with Crippen LogP contribution >= 0.6 is 23.4 Å². The summed E-state index contributed by atoms with van der Waals surface area (Å²) >= 11 is 7.99. The molecule has 2 fully saturated rings. The first-order valence-electron chi connectivity index (χ1n) is 6.40. The Balaban J connectivity index is 1.82. The molecule has 19 heavy (non-hydrogen) atoms. The minimum atomic E-state index is 0.268. The van der Waals surface area contributed by atoms with Crippen LogP contribution in [0, 0.1) is 0 Å². The van der Waals surface area contributed by atoms with Crippen LogP contribution in [0.3, 0.4) is 0 Å². The summed E-state index contributed by atoms with van der Waals surface area (Å²) in [6.45, 7) is 4.95. The normalized spacial score (nSPS) is 20.7. The minimum absolute atomic E-state index is 0.268. The fourth-order valence-electron chi connectivity index (χ4n) is 2.14. The van der Waals surface area contributed by atoms with E-state index < -0.39 is 0 Å². The van der Waals surface area contributed by atoms with Gasteiger partial charge in [0.1, 0.15) is 0 Å². The molecule has 2 saturated heterocycles. The van der Waals surface area contributed by atoms with Crippen molar-refractivity contribution in [2.75, 3.05) is 60.7 Å². The second-order valence-corrected chi connectivity index (χ2v) is 5.97. The van der Waals surface area contributed by atoms with Crippen LogP contribution in [0.1, 0.15) is 0 Å². The second-order valence-electron chi connectivity index (χ2n) is 4.40. The number of aromatic nitrogens is 3. The molecule has 0 amide bonds. The van der Waals surface area contributed by atoms with Crippen molar-refractivity contribution in [1.82, 2.24) is 15.0 Å². The molecule has 0 N–H and O–H groups in total. The topological polar surface area (TPSA) is 54.4 Å². The molecule has 0 aromatic carbocycles. The van der Waals surface area contributed by atoms with Gasteiger partial charge in [0.2, 0.25) is 17.2 Å². The lowest BCUT2D eigenvalue weighted by Gasteiger charge is -2.29. The number of halogens is 1. The van der Waals surface area contributed by atoms with Crippen LogP contribution in [0.25, 0.3) is 0 Å².